The summed E-state index contributed by atoms with van der Waals surface area (Å²) in [5.41, 5.74) is 5.47. The smallest absolute Gasteiger partial charge is 0.233 e. The van der Waals surface area contributed by atoms with E-state index in [-0.39, 0.29) is 0 Å². The first-order chi connectivity index (χ1) is 6.65. The summed E-state index contributed by atoms with van der Waals surface area (Å²) in [5, 5.41) is 0.899. The molecule has 14 heavy (non-hydrogen) atoms. The monoisotopic (exact) mass is 232 g/mol. The van der Waals surface area contributed by atoms with Crippen molar-refractivity contribution in [2.75, 3.05) is 29.7 Å². The molecule has 4 nitrogen and oxygen atoms in total. The molecule has 1 unspecified atom stereocenters. The van der Waals surface area contributed by atoms with E-state index < -0.39 is 0 Å². The van der Waals surface area contributed by atoms with Crippen LogP contribution >= 0.6 is 23.3 Å². The number of anilines is 2. The van der Waals surface area contributed by atoms with Gasteiger partial charge in [-0.1, -0.05) is 0 Å². The number of nitrogens with zero attached hydrogens (tertiary/aromatic N) is 3. The molecule has 1 atom stereocenters. The fourth-order valence-corrected chi connectivity index (χ4v) is 2.28. The lowest BCUT2D eigenvalue weighted by molar-refractivity contribution is 0.668. The second-order valence-corrected chi connectivity index (χ2v) is 4.89. The molecular formula is C8H16N4S2. The number of thioether (sulfide) groups is 1. The number of nitrogens with two attached hydrogens (primary N) is 1. The minimum Gasteiger partial charge on any atom is -0.367 e. The van der Waals surface area contributed by atoms with Crippen LogP contribution in [-0.4, -0.2) is 34.5 Å². The van der Waals surface area contributed by atoms with Gasteiger partial charge in [0.05, 0.1) is 0 Å². The average Bonchev–Trinajstić information content (AvgIpc) is 2.60. The van der Waals surface area contributed by atoms with Gasteiger partial charge in [0.2, 0.25) is 11.1 Å². The fourth-order valence-electron chi connectivity index (χ4n) is 1.04. The number of hydrogen-bond donors (Lipinski definition) is 1. The van der Waals surface area contributed by atoms with E-state index in [2.05, 4.69) is 27.4 Å². The first-order valence-electron chi connectivity index (χ1n) is 4.46. The van der Waals surface area contributed by atoms with Crippen LogP contribution in [0.1, 0.15) is 13.3 Å². The highest BCUT2D eigenvalue weighted by Gasteiger charge is 2.13. The zero-order valence-electron chi connectivity index (χ0n) is 8.73. The van der Waals surface area contributed by atoms with Crippen LogP contribution in [0.2, 0.25) is 0 Å². The second-order valence-electron chi connectivity index (χ2n) is 3.18. The molecule has 1 rings (SSSR count). The number of hydrogen-bond acceptors (Lipinski definition) is 6. The van der Waals surface area contributed by atoms with Crippen LogP contribution in [0.4, 0.5) is 11.1 Å². The van der Waals surface area contributed by atoms with Gasteiger partial charge in [-0.15, -0.1) is 0 Å². The average molecular weight is 232 g/mol. The van der Waals surface area contributed by atoms with Crippen molar-refractivity contribution < 1.29 is 0 Å². The van der Waals surface area contributed by atoms with Crippen molar-refractivity contribution in [1.29, 1.82) is 0 Å². The molecule has 0 amide bonds. The van der Waals surface area contributed by atoms with E-state index in [1.54, 1.807) is 0 Å². The van der Waals surface area contributed by atoms with E-state index in [0.29, 0.717) is 12.0 Å². The van der Waals surface area contributed by atoms with Crippen molar-refractivity contribution in [3.05, 3.63) is 0 Å². The van der Waals surface area contributed by atoms with Crippen molar-refractivity contribution in [1.82, 2.24) is 9.36 Å². The molecule has 0 radical (unpaired) electrons. The predicted molar refractivity (Wildman–Crippen MR) is 65.2 cm³/mol. The van der Waals surface area contributed by atoms with Crippen molar-refractivity contribution in [2.45, 2.75) is 19.4 Å². The Morgan fingerprint density at radius 3 is 2.86 bits per heavy atom. The standard InChI is InChI=1S/C8H16N4S2/c1-6(4-5-13-3)12(2)8-10-7(9)11-14-8/h6H,4-5H2,1-3H3,(H2,9,11). The van der Waals surface area contributed by atoms with Gasteiger partial charge in [-0.3, -0.25) is 0 Å². The Morgan fingerprint density at radius 2 is 2.36 bits per heavy atom. The highest BCUT2D eigenvalue weighted by molar-refractivity contribution is 7.98. The molecule has 0 aliphatic carbocycles. The van der Waals surface area contributed by atoms with Gasteiger partial charge in [0.15, 0.2) is 0 Å². The summed E-state index contributed by atoms with van der Waals surface area (Å²) in [4.78, 5) is 6.27. The molecular weight excluding hydrogens is 216 g/mol. The van der Waals surface area contributed by atoms with Gasteiger partial charge >= 0.3 is 0 Å². The van der Waals surface area contributed by atoms with Crippen LogP contribution < -0.4 is 10.6 Å². The van der Waals surface area contributed by atoms with Crippen LogP contribution in [0.25, 0.3) is 0 Å². The maximum Gasteiger partial charge on any atom is 0.233 e. The quantitative estimate of drug-likeness (QED) is 0.837. The normalized spacial score (nSPS) is 12.8. The van der Waals surface area contributed by atoms with Gasteiger partial charge in [0, 0.05) is 24.6 Å². The summed E-state index contributed by atoms with van der Waals surface area (Å²) in [6.07, 6.45) is 3.27. The largest absolute Gasteiger partial charge is 0.367 e. The Balaban J connectivity index is 2.51. The SMILES string of the molecule is CSCCC(C)N(C)c1nc(N)ns1. The second kappa shape index (κ2) is 5.41. The van der Waals surface area contributed by atoms with Crippen LogP contribution in [0.5, 0.6) is 0 Å². The van der Waals surface area contributed by atoms with E-state index in [1.807, 2.05) is 18.8 Å². The van der Waals surface area contributed by atoms with E-state index in [0.717, 1.165) is 11.6 Å². The molecule has 0 aliphatic heterocycles. The predicted octanol–water partition coefficient (Wildman–Crippen LogP) is 1.70. The third-order valence-corrected chi connectivity index (χ3v) is 3.60. The zero-order chi connectivity index (χ0) is 10.6. The molecule has 1 aromatic rings. The highest BCUT2D eigenvalue weighted by Crippen LogP contribution is 2.20. The van der Waals surface area contributed by atoms with Gasteiger partial charge in [-0.25, -0.2) is 0 Å². The number of nitrogen functional groups attached to an aromatic ring is 1. The molecule has 0 aromatic carbocycles. The maximum atomic E-state index is 5.47. The molecule has 0 spiro atoms. The Bertz CT molecular complexity index is 276. The van der Waals surface area contributed by atoms with E-state index in [9.17, 15) is 0 Å². The lowest BCUT2D eigenvalue weighted by atomic mass is 10.2. The van der Waals surface area contributed by atoms with Crippen molar-refractivity contribution in [3.63, 3.8) is 0 Å². The van der Waals surface area contributed by atoms with Crippen LogP contribution in [0, 0.1) is 0 Å². The molecule has 6 heteroatoms. The molecule has 80 valence electrons. The van der Waals surface area contributed by atoms with E-state index >= 15 is 0 Å². The highest BCUT2D eigenvalue weighted by atomic mass is 32.2. The lowest BCUT2D eigenvalue weighted by Gasteiger charge is -2.23. The van der Waals surface area contributed by atoms with Crippen molar-refractivity contribution >= 4 is 34.4 Å². The molecule has 0 saturated heterocycles. The molecule has 0 saturated carbocycles. The summed E-state index contributed by atoms with van der Waals surface area (Å²) in [5.74, 6) is 1.54. The van der Waals surface area contributed by atoms with E-state index in [1.165, 1.54) is 17.3 Å². The summed E-state index contributed by atoms with van der Waals surface area (Å²) >= 11 is 3.22. The van der Waals surface area contributed by atoms with Crippen LogP contribution in [0.15, 0.2) is 0 Å². The third-order valence-electron chi connectivity index (χ3n) is 2.13. The number of aromatic nitrogens is 2. The maximum absolute atomic E-state index is 5.47. The summed E-state index contributed by atoms with van der Waals surface area (Å²) in [6, 6.07) is 0.481. The fraction of sp³-hybridized carbons (Fsp3) is 0.750. The molecule has 0 fully saturated rings. The Hall–Kier alpha value is -0.490. The summed E-state index contributed by atoms with van der Waals surface area (Å²) < 4.78 is 3.96. The summed E-state index contributed by atoms with van der Waals surface area (Å²) in [7, 11) is 2.03. The number of rotatable bonds is 5. The third kappa shape index (κ3) is 3.02. The van der Waals surface area contributed by atoms with Crippen molar-refractivity contribution in [2.24, 2.45) is 0 Å². The Morgan fingerprint density at radius 1 is 1.64 bits per heavy atom. The molecule has 2 N–H and O–H groups in total. The topological polar surface area (TPSA) is 55.0 Å². The molecule has 0 bridgehead atoms. The van der Waals surface area contributed by atoms with E-state index in [4.69, 9.17) is 5.73 Å². The zero-order valence-corrected chi connectivity index (χ0v) is 10.4. The molecule has 0 aliphatic rings. The van der Waals surface area contributed by atoms with Gasteiger partial charge in [0.1, 0.15) is 0 Å². The van der Waals surface area contributed by atoms with Crippen LogP contribution in [-0.2, 0) is 0 Å². The van der Waals surface area contributed by atoms with Gasteiger partial charge in [-0.05, 0) is 25.4 Å². The minimum atomic E-state index is 0.369. The first-order valence-corrected chi connectivity index (χ1v) is 6.62. The van der Waals surface area contributed by atoms with Gasteiger partial charge < -0.3 is 10.6 Å². The minimum absolute atomic E-state index is 0.369. The van der Waals surface area contributed by atoms with Gasteiger partial charge in [-0.2, -0.15) is 21.1 Å². The Kier molecular flexibility index (Phi) is 4.47. The lowest BCUT2D eigenvalue weighted by Crippen LogP contribution is -2.29. The Labute approximate surface area is 93.1 Å². The van der Waals surface area contributed by atoms with Crippen molar-refractivity contribution in [3.8, 4) is 0 Å². The summed E-state index contributed by atoms with van der Waals surface area (Å²) in [6.45, 7) is 2.19. The molecule has 1 aromatic heterocycles. The van der Waals surface area contributed by atoms with Gasteiger partial charge in [0.25, 0.3) is 0 Å². The first kappa shape index (κ1) is 11.6. The van der Waals surface area contributed by atoms with Crippen LogP contribution in [0.3, 0.4) is 0 Å². The molecule has 1 heterocycles.